The lowest BCUT2D eigenvalue weighted by Crippen LogP contribution is -2.13. The van der Waals surface area contributed by atoms with Crippen molar-refractivity contribution in [1.29, 1.82) is 5.26 Å². The largest absolute Gasteiger partial charge is 0.465 e. The molecule has 0 spiro atoms. The number of ether oxygens (including phenoxy) is 1. The summed E-state index contributed by atoms with van der Waals surface area (Å²) in [6, 6.07) is 11.4. The molecule has 9 heteroatoms. The van der Waals surface area contributed by atoms with Crippen LogP contribution in [0.4, 0.5) is 11.4 Å². The average Bonchev–Trinajstić information content (AvgIpc) is 2.67. The number of nitro benzene ring substituents is 1. The number of anilines is 1. The second kappa shape index (κ2) is 8.60. The van der Waals surface area contributed by atoms with Gasteiger partial charge in [-0.2, -0.15) is 5.26 Å². The number of nitriles is 1. The first-order valence-electron chi connectivity index (χ1n) is 7.41. The van der Waals surface area contributed by atoms with E-state index in [0.717, 1.165) is 6.07 Å². The monoisotopic (exact) mass is 385 g/mol. The van der Waals surface area contributed by atoms with Crippen molar-refractivity contribution in [3.63, 3.8) is 0 Å². The zero-order chi connectivity index (χ0) is 20.0. The SMILES string of the molecule is COC(=O)c1ccc(/C=C(\C#N)C(=O)Nc2ccc([N+](=O)[O-])cc2Cl)cc1. The second-order valence-corrected chi connectivity index (χ2v) is 5.57. The van der Waals surface area contributed by atoms with Gasteiger partial charge in [-0.3, -0.25) is 14.9 Å². The van der Waals surface area contributed by atoms with E-state index in [4.69, 9.17) is 11.6 Å². The fourth-order valence-electron chi connectivity index (χ4n) is 2.06. The third-order valence-electron chi connectivity index (χ3n) is 3.42. The van der Waals surface area contributed by atoms with Crippen LogP contribution in [0, 0.1) is 21.4 Å². The van der Waals surface area contributed by atoms with Crippen LogP contribution >= 0.6 is 11.6 Å². The number of esters is 1. The number of halogens is 1. The van der Waals surface area contributed by atoms with E-state index in [1.807, 2.05) is 0 Å². The smallest absolute Gasteiger partial charge is 0.337 e. The van der Waals surface area contributed by atoms with Crippen molar-refractivity contribution in [3.05, 3.63) is 74.3 Å². The van der Waals surface area contributed by atoms with Gasteiger partial charge >= 0.3 is 5.97 Å². The molecule has 0 saturated heterocycles. The Balaban J connectivity index is 2.21. The molecule has 27 heavy (non-hydrogen) atoms. The lowest BCUT2D eigenvalue weighted by atomic mass is 10.1. The Morgan fingerprint density at radius 1 is 1.26 bits per heavy atom. The Hall–Kier alpha value is -3.70. The summed E-state index contributed by atoms with van der Waals surface area (Å²) >= 11 is 5.92. The summed E-state index contributed by atoms with van der Waals surface area (Å²) in [6.07, 6.45) is 1.33. The number of carbonyl (C=O) groups excluding carboxylic acids is 2. The number of hydrogen-bond acceptors (Lipinski definition) is 6. The summed E-state index contributed by atoms with van der Waals surface area (Å²) in [7, 11) is 1.26. The highest BCUT2D eigenvalue weighted by Crippen LogP contribution is 2.27. The molecule has 8 nitrogen and oxygen atoms in total. The molecule has 1 amide bonds. The van der Waals surface area contributed by atoms with Gasteiger partial charge in [0.1, 0.15) is 11.6 Å². The molecule has 0 heterocycles. The standard InChI is InChI=1S/C18H12ClN3O5/c1-27-18(24)12-4-2-11(3-5-12)8-13(10-20)17(23)21-16-7-6-14(22(25)26)9-15(16)19/h2-9H,1H3,(H,21,23)/b13-8+. The van der Waals surface area contributed by atoms with Gasteiger partial charge in [0.25, 0.3) is 11.6 Å². The van der Waals surface area contributed by atoms with Crippen molar-refractivity contribution in [2.24, 2.45) is 0 Å². The van der Waals surface area contributed by atoms with Gasteiger partial charge in [-0.1, -0.05) is 23.7 Å². The van der Waals surface area contributed by atoms with E-state index in [0.29, 0.717) is 11.1 Å². The molecule has 1 N–H and O–H groups in total. The minimum atomic E-state index is -0.731. The molecule has 0 aliphatic carbocycles. The Labute approximate surface area is 158 Å². The molecule has 0 saturated carbocycles. The van der Waals surface area contributed by atoms with Crippen LogP contribution in [0.15, 0.2) is 48.0 Å². The number of carbonyl (C=O) groups is 2. The maximum absolute atomic E-state index is 12.3. The zero-order valence-electron chi connectivity index (χ0n) is 13.9. The Morgan fingerprint density at radius 2 is 1.93 bits per heavy atom. The van der Waals surface area contributed by atoms with Gasteiger partial charge in [-0.15, -0.1) is 0 Å². The van der Waals surface area contributed by atoms with Crippen molar-refractivity contribution in [2.75, 3.05) is 12.4 Å². The topological polar surface area (TPSA) is 122 Å². The molecule has 0 atom stereocenters. The molecule has 0 radical (unpaired) electrons. The van der Waals surface area contributed by atoms with Crippen LogP contribution in [0.1, 0.15) is 15.9 Å². The van der Waals surface area contributed by atoms with Crippen LogP contribution in [0.2, 0.25) is 5.02 Å². The van der Waals surface area contributed by atoms with Gasteiger partial charge in [0.05, 0.1) is 28.3 Å². The first kappa shape index (κ1) is 19.6. The van der Waals surface area contributed by atoms with E-state index < -0.39 is 16.8 Å². The molecule has 0 unspecified atom stereocenters. The first-order chi connectivity index (χ1) is 12.8. The molecule has 0 aliphatic rings. The van der Waals surface area contributed by atoms with Crippen LogP contribution in [0.5, 0.6) is 0 Å². The predicted molar refractivity (Wildman–Crippen MR) is 98.1 cm³/mol. The van der Waals surface area contributed by atoms with Crippen LogP contribution in [-0.4, -0.2) is 23.9 Å². The Kier molecular flexibility index (Phi) is 6.25. The molecule has 2 rings (SSSR count). The summed E-state index contributed by atoms with van der Waals surface area (Å²) in [5.41, 5.74) is 0.545. The van der Waals surface area contributed by atoms with Crippen LogP contribution in [0.3, 0.4) is 0 Å². The quantitative estimate of drug-likeness (QED) is 0.276. The number of rotatable bonds is 5. The van der Waals surface area contributed by atoms with Gasteiger partial charge in [0.15, 0.2) is 0 Å². The van der Waals surface area contributed by atoms with Crippen LogP contribution in [-0.2, 0) is 9.53 Å². The number of nitrogens with zero attached hydrogens (tertiary/aromatic N) is 2. The minimum Gasteiger partial charge on any atom is -0.465 e. The third-order valence-corrected chi connectivity index (χ3v) is 3.73. The number of methoxy groups -OCH3 is 1. The summed E-state index contributed by atoms with van der Waals surface area (Å²) in [5.74, 6) is -1.23. The maximum atomic E-state index is 12.3. The number of nitrogens with one attached hydrogen (secondary N) is 1. The number of hydrogen-bond donors (Lipinski definition) is 1. The zero-order valence-corrected chi connectivity index (χ0v) is 14.7. The van der Waals surface area contributed by atoms with Crippen LogP contribution in [0.25, 0.3) is 6.08 Å². The summed E-state index contributed by atoms with van der Waals surface area (Å²) in [6.45, 7) is 0. The highest BCUT2D eigenvalue weighted by atomic mass is 35.5. The van der Waals surface area contributed by atoms with Gasteiger partial charge in [-0.25, -0.2) is 4.79 Å². The molecule has 0 aliphatic heterocycles. The molecule has 0 aromatic heterocycles. The molecule has 2 aromatic carbocycles. The minimum absolute atomic E-state index is 0.0303. The van der Waals surface area contributed by atoms with Gasteiger partial charge in [0, 0.05) is 12.1 Å². The fourth-order valence-corrected chi connectivity index (χ4v) is 2.28. The normalized spacial score (nSPS) is 10.6. The van der Waals surface area contributed by atoms with Gasteiger partial charge < -0.3 is 10.1 Å². The maximum Gasteiger partial charge on any atom is 0.337 e. The van der Waals surface area contributed by atoms with Crippen molar-refractivity contribution in [3.8, 4) is 6.07 Å². The van der Waals surface area contributed by atoms with E-state index in [2.05, 4.69) is 10.1 Å². The third kappa shape index (κ3) is 4.90. The second-order valence-electron chi connectivity index (χ2n) is 5.16. The average molecular weight is 386 g/mol. The van der Waals surface area contributed by atoms with E-state index in [-0.39, 0.29) is 22.0 Å². The number of non-ortho nitro benzene ring substituents is 1. The summed E-state index contributed by atoms with van der Waals surface area (Å²) in [5, 5.41) is 22.3. The first-order valence-corrected chi connectivity index (χ1v) is 7.79. The molecule has 2 aromatic rings. The van der Waals surface area contributed by atoms with Crippen molar-refractivity contribution < 1.29 is 19.2 Å². The van der Waals surface area contributed by atoms with E-state index in [1.54, 1.807) is 18.2 Å². The molecule has 136 valence electrons. The van der Waals surface area contributed by atoms with E-state index >= 15 is 0 Å². The summed E-state index contributed by atoms with van der Waals surface area (Å²) in [4.78, 5) is 33.8. The Bertz CT molecular complexity index is 977. The van der Waals surface area contributed by atoms with Gasteiger partial charge in [0.2, 0.25) is 0 Å². The van der Waals surface area contributed by atoms with Gasteiger partial charge in [-0.05, 0) is 29.8 Å². The number of amides is 1. The van der Waals surface area contributed by atoms with Crippen LogP contribution < -0.4 is 5.32 Å². The predicted octanol–water partition coefficient (Wildman–Crippen LogP) is 3.58. The number of benzene rings is 2. The van der Waals surface area contributed by atoms with E-state index in [9.17, 15) is 25.0 Å². The fraction of sp³-hybridized carbons (Fsp3) is 0.0556. The molecular formula is C18H12ClN3O5. The lowest BCUT2D eigenvalue weighted by molar-refractivity contribution is -0.384. The Morgan fingerprint density at radius 3 is 2.44 bits per heavy atom. The lowest BCUT2D eigenvalue weighted by Gasteiger charge is -2.06. The van der Waals surface area contributed by atoms with Crippen molar-refractivity contribution >= 4 is 40.9 Å². The van der Waals surface area contributed by atoms with Crippen molar-refractivity contribution in [2.45, 2.75) is 0 Å². The molecular weight excluding hydrogens is 374 g/mol. The van der Waals surface area contributed by atoms with Crippen molar-refractivity contribution in [1.82, 2.24) is 0 Å². The highest BCUT2D eigenvalue weighted by molar-refractivity contribution is 6.34. The highest BCUT2D eigenvalue weighted by Gasteiger charge is 2.14. The van der Waals surface area contributed by atoms with E-state index in [1.165, 1.54) is 37.5 Å². The summed E-state index contributed by atoms with van der Waals surface area (Å²) < 4.78 is 4.59. The number of nitro groups is 1. The molecule has 0 fully saturated rings. The molecule has 0 bridgehead atoms.